The minimum Gasteiger partial charge on any atom is -0.618 e. The summed E-state index contributed by atoms with van der Waals surface area (Å²) < 4.78 is 27.2. The third kappa shape index (κ3) is 2.24. The van der Waals surface area contributed by atoms with Crippen molar-refractivity contribution in [2.24, 2.45) is 0 Å². The van der Waals surface area contributed by atoms with Gasteiger partial charge >= 0.3 is 0 Å². The molecule has 27 heavy (non-hydrogen) atoms. The van der Waals surface area contributed by atoms with Crippen molar-refractivity contribution in [3.63, 3.8) is 0 Å². The first-order valence-electron chi connectivity index (χ1n) is 8.65. The predicted octanol–water partition coefficient (Wildman–Crippen LogP) is 2.64. The van der Waals surface area contributed by atoms with E-state index in [9.17, 15) is 9.60 Å². The fraction of sp³-hybridized carbons (Fsp3) is 0.333. The van der Waals surface area contributed by atoms with Gasteiger partial charge in [0.1, 0.15) is 34.5 Å². The second-order valence-electron chi connectivity index (χ2n) is 6.93. The number of ether oxygens (including phenoxy) is 1. The van der Waals surface area contributed by atoms with E-state index in [0.717, 1.165) is 12.8 Å². The van der Waals surface area contributed by atoms with Crippen LogP contribution in [0.4, 0.5) is 4.39 Å². The van der Waals surface area contributed by atoms with Crippen molar-refractivity contribution in [1.29, 1.82) is 0 Å². The van der Waals surface area contributed by atoms with Crippen LogP contribution in [0.5, 0.6) is 0 Å². The highest BCUT2D eigenvalue weighted by Gasteiger charge is 2.38. The number of benzene rings is 1. The fourth-order valence-electron chi connectivity index (χ4n) is 3.66. The van der Waals surface area contributed by atoms with Crippen molar-refractivity contribution in [3.8, 4) is 11.5 Å². The zero-order chi connectivity index (χ0) is 18.8. The number of hydrogen-bond donors (Lipinski definition) is 0. The van der Waals surface area contributed by atoms with Crippen LogP contribution in [0.25, 0.3) is 28.1 Å². The molecule has 0 N–H and O–H groups in total. The van der Waals surface area contributed by atoms with Gasteiger partial charge in [0.05, 0.1) is 0 Å². The summed E-state index contributed by atoms with van der Waals surface area (Å²) in [5.41, 5.74) is 1.52. The second kappa shape index (κ2) is 5.46. The molecule has 1 aliphatic heterocycles. The Kier molecular flexibility index (Phi) is 3.26. The summed E-state index contributed by atoms with van der Waals surface area (Å²) in [6.45, 7) is 4.22. The van der Waals surface area contributed by atoms with E-state index in [4.69, 9.17) is 9.26 Å². The van der Waals surface area contributed by atoms with E-state index in [0.29, 0.717) is 39.6 Å². The van der Waals surface area contributed by atoms with Gasteiger partial charge in [0.2, 0.25) is 17.0 Å². The summed E-state index contributed by atoms with van der Waals surface area (Å²) in [6, 6.07) is 4.06. The topological polar surface area (TPSA) is 92.4 Å². The Labute approximate surface area is 152 Å². The number of aryl methyl sites for hydroxylation is 1. The molecular formula is C18H16FN5O3. The number of imidazole rings is 1. The van der Waals surface area contributed by atoms with E-state index in [1.54, 1.807) is 23.7 Å². The predicted molar refractivity (Wildman–Crippen MR) is 92.2 cm³/mol. The van der Waals surface area contributed by atoms with Gasteiger partial charge in [-0.25, -0.2) is 9.37 Å². The van der Waals surface area contributed by atoms with Gasteiger partial charge in [-0.2, -0.15) is 9.71 Å². The molecule has 8 nitrogen and oxygen atoms in total. The molecule has 0 spiro atoms. The van der Waals surface area contributed by atoms with E-state index in [1.807, 2.05) is 6.92 Å². The van der Waals surface area contributed by atoms with E-state index in [-0.39, 0.29) is 11.3 Å². The summed E-state index contributed by atoms with van der Waals surface area (Å²) in [4.78, 5) is 8.87. The highest BCUT2D eigenvalue weighted by atomic mass is 19.1. The van der Waals surface area contributed by atoms with E-state index in [1.165, 1.54) is 12.1 Å². The molecule has 3 aromatic heterocycles. The summed E-state index contributed by atoms with van der Waals surface area (Å²) in [5.74, 6) is 0.208. The Bertz CT molecular complexity index is 1190. The molecular weight excluding hydrogens is 353 g/mol. The monoisotopic (exact) mass is 369 g/mol. The first-order chi connectivity index (χ1) is 13.0. The Balaban J connectivity index is 1.72. The van der Waals surface area contributed by atoms with Crippen LogP contribution in [-0.4, -0.2) is 26.1 Å². The third-order valence-electron chi connectivity index (χ3n) is 5.14. The van der Waals surface area contributed by atoms with Crippen molar-refractivity contribution in [2.75, 3.05) is 6.61 Å². The number of rotatable bonds is 2. The first-order valence-corrected chi connectivity index (χ1v) is 8.65. The van der Waals surface area contributed by atoms with Gasteiger partial charge in [-0.1, -0.05) is 5.16 Å². The average molecular weight is 369 g/mol. The Morgan fingerprint density at radius 1 is 1.37 bits per heavy atom. The summed E-state index contributed by atoms with van der Waals surface area (Å²) in [7, 11) is 0. The van der Waals surface area contributed by atoms with Crippen molar-refractivity contribution in [3.05, 3.63) is 47.1 Å². The molecule has 5 rings (SSSR count). The fourth-order valence-corrected chi connectivity index (χ4v) is 3.66. The molecule has 4 aromatic rings. The SMILES string of the molecule is Cc1c2c(-c3noc(C4(C)CCCO4)n3)ncn2c2ccc(F)cc2[n+]1[O-]. The van der Waals surface area contributed by atoms with Crippen LogP contribution in [0, 0.1) is 17.9 Å². The lowest BCUT2D eigenvalue weighted by atomic mass is 10.0. The maximum Gasteiger partial charge on any atom is 0.258 e. The average Bonchev–Trinajstić information content (AvgIpc) is 3.38. The normalized spacial score (nSPS) is 20.1. The molecule has 138 valence electrons. The van der Waals surface area contributed by atoms with Crippen molar-refractivity contribution >= 4 is 16.6 Å². The number of nitrogens with zero attached hydrogens (tertiary/aromatic N) is 5. The molecule has 1 aliphatic rings. The number of fused-ring (bicyclic) bond motifs is 3. The molecule has 1 unspecified atom stereocenters. The van der Waals surface area contributed by atoms with Crippen LogP contribution in [0.2, 0.25) is 0 Å². The van der Waals surface area contributed by atoms with Crippen LogP contribution in [0.3, 0.4) is 0 Å². The number of aromatic nitrogens is 5. The van der Waals surface area contributed by atoms with E-state index in [2.05, 4.69) is 15.1 Å². The Hall–Kier alpha value is -3.07. The van der Waals surface area contributed by atoms with Gasteiger partial charge in [-0.3, -0.25) is 4.40 Å². The molecule has 1 atom stereocenters. The van der Waals surface area contributed by atoms with Crippen LogP contribution in [0.1, 0.15) is 31.4 Å². The van der Waals surface area contributed by atoms with Crippen molar-refractivity contribution in [2.45, 2.75) is 32.3 Å². The standard InChI is InChI=1S/C18H16FN5O3/c1-10-15-14(16-21-17(27-22-16)18(2)6-3-7-26-18)20-9-23(15)12-5-4-11(19)8-13(12)24(10)25/h4-5,8-9H,3,6-7H2,1-2H3. The third-order valence-corrected chi connectivity index (χ3v) is 5.14. The smallest absolute Gasteiger partial charge is 0.258 e. The van der Waals surface area contributed by atoms with Crippen LogP contribution >= 0.6 is 0 Å². The lowest BCUT2D eigenvalue weighted by Crippen LogP contribution is -2.32. The zero-order valence-electron chi connectivity index (χ0n) is 14.8. The maximum absolute atomic E-state index is 13.6. The van der Waals surface area contributed by atoms with Crippen LogP contribution < -0.4 is 4.73 Å². The summed E-state index contributed by atoms with van der Waals surface area (Å²) >= 11 is 0. The minimum atomic E-state index is -0.599. The molecule has 9 heteroatoms. The molecule has 0 bridgehead atoms. The van der Waals surface area contributed by atoms with Gasteiger partial charge in [0, 0.05) is 19.6 Å². The van der Waals surface area contributed by atoms with Crippen molar-refractivity contribution in [1.82, 2.24) is 19.5 Å². The second-order valence-corrected chi connectivity index (χ2v) is 6.93. The van der Waals surface area contributed by atoms with E-state index < -0.39 is 11.4 Å². The first kappa shape index (κ1) is 16.1. The highest BCUT2D eigenvalue weighted by Crippen LogP contribution is 2.35. The summed E-state index contributed by atoms with van der Waals surface area (Å²) in [6.07, 6.45) is 3.30. The Morgan fingerprint density at radius 3 is 3.00 bits per heavy atom. The molecule has 0 saturated carbocycles. The zero-order valence-corrected chi connectivity index (χ0v) is 14.8. The quantitative estimate of drug-likeness (QED) is 0.398. The Morgan fingerprint density at radius 2 is 2.22 bits per heavy atom. The number of halogens is 1. The van der Waals surface area contributed by atoms with Gasteiger partial charge in [0.15, 0.2) is 0 Å². The van der Waals surface area contributed by atoms with Gasteiger partial charge < -0.3 is 14.5 Å². The largest absolute Gasteiger partial charge is 0.618 e. The van der Waals surface area contributed by atoms with Gasteiger partial charge in [-0.15, -0.1) is 0 Å². The summed E-state index contributed by atoms with van der Waals surface area (Å²) in [5, 5.41) is 16.7. The lowest BCUT2D eigenvalue weighted by molar-refractivity contribution is -0.583. The number of hydrogen-bond acceptors (Lipinski definition) is 6. The van der Waals surface area contributed by atoms with Gasteiger partial charge in [0.25, 0.3) is 5.89 Å². The van der Waals surface area contributed by atoms with Crippen LogP contribution in [0.15, 0.2) is 29.0 Å². The molecule has 0 radical (unpaired) electrons. The molecule has 1 aromatic carbocycles. The minimum absolute atomic E-state index is 0.226. The van der Waals surface area contributed by atoms with Crippen LogP contribution in [-0.2, 0) is 10.3 Å². The molecule has 1 fully saturated rings. The van der Waals surface area contributed by atoms with Gasteiger partial charge in [-0.05, 0) is 31.9 Å². The molecule has 4 heterocycles. The van der Waals surface area contributed by atoms with E-state index >= 15 is 0 Å². The lowest BCUT2D eigenvalue weighted by Gasteiger charge is -2.16. The highest BCUT2D eigenvalue weighted by molar-refractivity contribution is 5.82. The maximum atomic E-state index is 13.6. The van der Waals surface area contributed by atoms with Crippen molar-refractivity contribution < 1.29 is 18.4 Å². The molecule has 0 amide bonds. The molecule has 1 saturated heterocycles. The molecule has 0 aliphatic carbocycles.